The zero-order valence-corrected chi connectivity index (χ0v) is 16.0. The first-order chi connectivity index (χ1) is 13.3. The SMILES string of the molecule is CC[C@H]1C(=O)Nc2c(C)nc(NCc3cnn(C4CC(F)(F)C4)c3)nc2N1C. The number of nitrogens with one attached hydrogen (secondary N) is 2. The van der Waals surface area contributed by atoms with Crippen molar-refractivity contribution in [2.24, 2.45) is 0 Å². The third-order valence-corrected chi connectivity index (χ3v) is 5.36. The molecule has 1 atom stereocenters. The lowest BCUT2D eigenvalue weighted by atomic mass is 9.88. The first-order valence-electron chi connectivity index (χ1n) is 9.34. The predicted molar refractivity (Wildman–Crippen MR) is 101 cm³/mol. The maximum Gasteiger partial charge on any atom is 0.252 e. The van der Waals surface area contributed by atoms with E-state index in [9.17, 15) is 13.6 Å². The highest BCUT2D eigenvalue weighted by molar-refractivity contribution is 6.03. The fourth-order valence-corrected chi connectivity index (χ4v) is 3.69. The van der Waals surface area contributed by atoms with Crippen LogP contribution in [-0.2, 0) is 11.3 Å². The van der Waals surface area contributed by atoms with E-state index in [4.69, 9.17) is 0 Å². The molecule has 1 aliphatic carbocycles. The normalized spacial score (nSPS) is 21.1. The molecular weight excluding hydrogens is 368 g/mol. The van der Waals surface area contributed by atoms with Gasteiger partial charge in [-0.3, -0.25) is 9.48 Å². The predicted octanol–water partition coefficient (Wildman–Crippen LogP) is 2.73. The Morgan fingerprint density at radius 3 is 2.79 bits per heavy atom. The first-order valence-corrected chi connectivity index (χ1v) is 9.34. The van der Waals surface area contributed by atoms with Crippen LogP contribution < -0.4 is 15.5 Å². The summed E-state index contributed by atoms with van der Waals surface area (Å²) in [6.45, 7) is 4.20. The summed E-state index contributed by atoms with van der Waals surface area (Å²) >= 11 is 0. The van der Waals surface area contributed by atoms with Gasteiger partial charge < -0.3 is 15.5 Å². The van der Waals surface area contributed by atoms with Crippen molar-refractivity contribution >= 4 is 23.4 Å². The summed E-state index contributed by atoms with van der Waals surface area (Å²) in [6, 6.07) is -0.511. The molecule has 4 rings (SSSR count). The Morgan fingerprint density at radius 2 is 2.11 bits per heavy atom. The number of anilines is 3. The van der Waals surface area contributed by atoms with E-state index in [0.29, 0.717) is 36.1 Å². The number of amides is 1. The van der Waals surface area contributed by atoms with E-state index < -0.39 is 5.92 Å². The Morgan fingerprint density at radius 1 is 1.36 bits per heavy atom. The van der Waals surface area contributed by atoms with E-state index >= 15 is 0 Å². The minimum absolute atomic E-state index is 0.0566. The van der Waals surface area contributed by atoms with Crippen LogP contribution in [0.3, 0.4) is 0 Å². The number of aryl methyl sites for hydroxylation is 1. The summed E-state index contributed by atoms with van der Waals surface area (Å²) in [5, 5.41) is 10.2. The van der Waals surface area contributed by atoms with Gasteiger partial charge in [0.15, 0.2) is 5.82 Å². The van der Waals surface area contributed by atoms with Crippen molar-refractivity contribution in [3.63, 3.8) is 0 Å². The molecule has 0 saturated heterocycles. The van der Waals surface area contributed by atoms with Crippen LogP contribution in [0.2, 0.25) is 0 Å². The van der Waals surface area contributed by atoms with Crippen molar-refractivity contribution in [1.29, 1.82) is 0 Å². The Balaban J connectivity index is 1.46. The van der Waals surface area contributed by atoms with Crippen LogP contribution in [-0.4, -0.2) is 44.7 Å². The molecule has 2 aliphatic rings. The van der Waals surface area contributed by atoms with Crippen molar-refractivity contribution in [2.75, 3.05) is 22.6 Å². The van der Waals surface area contributed by atoms with Gasteiger partial charge in [0.25, 0.3) is 5.92 Å². The first kappa shape index (κ1) is 18.6. The molecule has 1 saturated carbocycles. The Kier molecular flexibility index (Phi) is 4.43. The molecule has 2 aromatic rings. The molecule has 1 fully saturated rings. The second-order valence-electron chi connectivity index (χ2n) is 7.46. The zero-order chi connectivity index (χ0) is 20.1. The minimum atomic E-state index is -2.57. The molecule has 2 aromatic heterocycles. The van der Waals surface area contributed by atoms with Gasteiger partial charge in [0, 0.05) is 38.2 Å². The molecule has 150 valence electrons. The van der Waals surface area contributed by atoms with Crippen LogP contribution in [0.1, 0.15) is 43.5 Å². The third-order valence-electron chi connectivity index (χ3n) is 5.36. The van der Waals surface area contributed by atoms with E-state index in [0.717, 1.165) is 5.56 Å². The van der Waals surface area contributed by atoms with Gasteiger partial charge in [-0.05, 0) is 13.3 Å². The number of alkyl halides is 2. The monoisotopic (exact) mass is 391 g/mol. The third kappa shape index (κ3) is 3.27. The lowest BCUT2D eigenvalue weighted by molar-refractivity contribution is -0.117. The fourth-order valence-electron chi connectivity index (χ4n) is 3.69. The van der Waals surface area contributed by atoms with Crippen molar-refractivity contribution in [3.05, 3.63) is 23.7 Å². The number of aromatic nitrogens is 4. The molecule has 0 spiro atoms. The summed E-state index contributed by atoms with van der Waals surface area (Å²) in [6.07, 6.45) is 3.79. The number of carbonyl (C=O) groups is 1. The number of nitrogens with zero attached hydrogens (tertiary/aromatic N) is 5. The summed E-state index contributed by atoms with van der Waals surface area (Å²) in [7, 11) is 1.85. The fraction of sp³-hybridized carbons (Fsp3) is 0.556. The number of halogens is 2. The topological polar surface area (TPSA) is 88.0 Å². The van der Waals surface area contributed by atoms with Crippen molar-refractivity contribution in [1.82, 2.24) is 19.7 Å². The number of carbonyl (C=O) groups excluding carboxylic acids is 1. The van der Waals surface area contributed by atoms with E-state index in [1.807, 2.05) is 25.8 Å². The maximum atomic E-state index is 13.0. The van der Waals surface area contributed by atoms with Gasteiger partial charge in [-0.15, -0.1) is 0 Å². The molecule has 1 amide bonds. The molecule has 2 N–H and O–H groups in total. The lowest BCUT2D eigenvalue weighted by Gasteiger charge is -2.34. The molecule has 0 aromatic carbocycles. The highest BCUT2D eigenvalue weighted by Gasteiger charge is 2.46. The molecular formula is C18H23F2N7O. The Hall–Kier alpha value is -2.78. The van der Waals surface area contributed by atoms with Gasteiger partial charge in [0.1, 0.15) is 11.7 Å². The van der Waals surface area contributed by atoms with Crippen LogP contribution in [0.25, 0.3) is 0 Å². The summed E-state index contributed by atoms with van der Waals surface area (Å²) in [5.74, 6) is -1.51. The Bertz CT molecular complexity index is 905. The molecule has 10 heteroatoms. The van der Waals surface area contributed by atoms with E-state index in [1.54, 1.807) is 17.1 Å². The number of hydrogen-bond donors (Lipinski definition) is 2. The van der Waals surface area contributed by atoms with Crippen molar-refractivity contribution in [3.8, 4) is 0 Å². The molecule has 0 bridgehead atoms. The van der Waals surface area contributed by atoms with Gasteiger partial charge in [0.2, 0.25) is 11.9 Å². The van der Waals surface area contributed by atoms with Crippen LogP contribution in [0, 0.1) is 6.92 Å². The van der Waals surface area contributed by atoms with Gasteiger partial charge in [0.05, 0.1) is 17.9 Å². The van der Waals surface area contributed by atoms with Gasteiger partial charge in [-0.2, -0.15) is 10.1 Å². The highest BCUT2D eigenvalue weighted by Crippen LogP contribution is 2.45. The second kappa shape index (κ2) is 6.68. The number of rotatable bonds is 5. The average molecular weight is 391 g/mol. The van der Waals surface area contributed by atoms with Crippen molar-refractivity contribution in [2.45, 2.75) is 57.7 Å². The number of likely N-dealkylation sites (N-methyl/N-ethyl adjacent to an activating group) is 1. The molecule has 8 nitrogen and oxygen atoms in total. The average Bonchev–Trinajstić information content (AvgIpc) is 3.08. The minimum Gasteiger partial charge on any atom is -0.350 e. The molecule has 3 heterocycles. The molecule has 1 aliphatic heterocycles. The van der Waals surface area contributed by atoms with Crippen LogP contribution in [0.4, 0.5) is 26.2 Å². The summed E-state index contributed by atoms with van der Waals surface area (Å²) < 4.78 is 27.7. The lowest BCUT2D eigenvalue weighted by Crippen LogP contribution is -2.46. The molecule has 28 heavy (non-hydrogen) atoms. The van der Waals surface area contributed by atoms with E-state index in [2.05, 4.69) is 25.7 Å². The standard InChI is InChI=1S/C18H23F2N7O/c1-4-13-16(28)24-14-10(2)23-17(25-15(14)26(13)3)21-7-11-8-22-27(9-11)12-5-18(19,20)6-12/h8-9,12-13H,4-7H2,1-3H3,(H,24,28)(H,21,23,25)/t13-/m0/s1. The number of fused-ring (bicyclic) bond motifs is 1. The summed E-state index contributed by atoms with van der Waals surface area (Å²) in [4.78, 5) is 23.0. The van der Waals surface area contributed by atoms with Gasteiger partial charge in [-0.1, -0.05) is 6.92 Å². The largest absolute Gasteiger partial charge is 0.350 e. The molecule has 0 radical (unpaired) electrons. The van der Waals surface area contributed by atoms with Crippen molar-refractivity contribution < 1.29 is 13.6 Å². The van der Waals surface area contributed by atoms with Gasteiger partial charge in [-0.25, -0.2) is 13.8 Å². The smallest absolute Gasteiger partial charge is 0.252 e. The second-order valence-corrected chi connectivity index (χ2v) is 7.46. The Labute approximate surface area is 161 Å². The van der Waals surface area contributed by atoms with Crippen LogP contribution >= 0.6 is 0 Å². The number of hydrogen-bond acceptors (Lipinski definition) is 6. The maximum absolute atomic E-state index is 13.0. The zero-order valence-electron chi connectivity index (χ0n) is 16.0. The van der Waals surface area contributed by atoms with Crippen LogP contribution in [0.15, 0.2) is 12.4 Å². The van der Waals surface area contributed by atoms with Crippen LogP contribution in [0.5, 0.6) is 0 Å². The molecule has 0 unspecified atom stereocenters. The summed E-state index contributed by atoms with van der Waals surface area (Å²) in [5.41, 5.74) is 2.17. The quantitative estimate of drug-likeness (QED) is 0.815. The van der Waals surface area contributed by atoms with E-state index in [-0.39, 0.29) is 30.8 Å². The highest BCUT2D eigenvalue weighted by atomic mass is 19.3. The van der Waals surface area contributed by atoms with Gasteiger partial charge >= 0.3 is 0 Å². The van der Waals surface area contributed by atoms with E-state index in [1.165, 1.54) is 0 Å².